The van der Waals surface area contributed by atoms with Crippen LogP contribution in [-0.4, -0.2) is 56.4 Å². The maximum Gasteiger partial charge on any atom is 0.272 e. The van der Waals surface area contributed by atoms with Crippen LogP contribution in [-0.2, 0) is 15.9 Å². The molecule has 7 nitrogen and oxygen atoms in total. The van der Waals surface area contributed by atoms with E-state index in [1.165, 1.54) is 38.1 Å². The molecule has 188 valence electrons. The van der Waals surface area contributed by atoms with Crippen LogP contribution in [0.4, 0.5) is 10.1 Å². The third-order valence-electron chi connectivity index (χ3n) is 7.37. The van der Waals surface area contributed by atoms with Crippen molar-refractivity contribution < 1.29 is 18.8 Å². The zero-order valence-corrected chi connectivity index (χ0v) is 20.7. The minimum absolute atomic E-state index is 0.0857. The molecule has 8 heteroatoms. The average molecular weight is 484 g/mol. The lowest BCUT2D eigenvalue weighted by molar-refractivity contribution is -0.385. The highest BCUT2D eigenvalue weighted by Gasteiger charge is 2.39. The summed E-state index contributed by atoms with van der Waals surface area (Å²) in [5.74, 6) is 2.76. The summed E-state index contributed by atoms with van der Waals surface area (Å²) >= 11 is 0. The summed E-state index contributed by atoms with van der Waals surface area (Å²) in [6.45, 7) is 5.49. The van der Waals surface area contributed by atoms with Crippen molar-refractivity contribution in [3.8, 4) is 0 Å². The van der Waals surface area contributed by atoms with Crippen LogP contribution >= 0.6 is 0 Å². The minimum Gasteiger partial charge on any atom is -0.493 e. The van der Waals surface area contributed by atoms with Gasteiger partial charge in [-0.25, -0.2) is 4.39 Å². The molecule has 2 aliphatic heterocycles. The van der Waals surface area contributed by atoms with Crippen molar-refractivity contribution in [1.29, 1.82) is 0 Å². The smallest absolute Gasteiger partial charge is 0.272 e. The number of aliphatic imine (C=N–C) groups is 1. The van der Waals surface area contributed by atoms with Crippen LogP contribution in [0.15, 0.2) is 58.5 Å². The van der Waals surface area contributed by atoms with Crippen molar-refractivity contribution in [1.82, 2.24) is 4.90 Å². The van der Waals surface area contributed by atoms with E-state index in [0.717, 1.165) is 23.5 Å². The second-order valence-corrected chi connectivity index (χ2v) is 9.95. The van der Waals surface area contributed by atoms with Crippen molar-refractivity contribution in [2.75, 3.05) is 40.4 Å². The van der Waals surface area contributed by atoms with Crippen LogP contribution in [0.2, 0.25) is 0 Å². The molecule has 0 N–H and O–H groups in total. The minimum atomic E-state index is -0.595. The van der Waals surface area contributed by atoms with Crippen LogP contribution in [0.3, 0.4) is 0 Å². The number of likely N-dealkylation sites (tertiary alicyclic amines) is 1. The molecule has 1 aromatic rings. The highest BCUT2D eigenvalue weighted by molar-refractivity contribution is 5.72. The van der Waals surface area contributed by atoms with Crippen LogP contribution in [0, 0.1) is 39.6 Å². The van der Waals surface area contributed by atoms with E-state index in [1.54, 1.807) is 13.3 Å². The summed E-state index contributed by atoms with van der Waals surface area (Å²) in [7, 11) is 3.82. The monoisotopic (exact) mass is 483 g/mol. The predicted molar refractivity (Wildman–Crippen MR) is 134 cm³/mol. The number of nitro benzene ring substituents is 1. The first kappa shape index (κ1) is 25.1. The molecule has 2 fully saturated rings. The fourth-order valence-corrected chi connectivity index (χ4v) is 5.55. The van der Waals surface area contributed by atoms with E-state index in [0.29, 0.717) is 42.6 Å². The molecule has 0 spiro atoms. The molecule has 1 saturated carbocycles. The summed E-state index contributed by atoms with van der Waals surface area (Å²) < 4.78 is 26.5. The van der Waals surface area contributed by atoms with Crippen molar-refractivity contribution in [2.24, 2.45) is 28.7 Å². The third-order valence-corrected chi connectivity index (χ3v) is 7.37. The first-order chi connectivity index (χ1) is 16.8. The van der Waals surface area contributed by atoms with Crippen LogP contribution in [0.25, 0.3) is 0 Å². The zero-order chi connectivity index (χ0) is 24.9. The van der Waals surface area contributed by atoms with Gasteiger partial charge in [-0.05, 0) is 79.8 Å². The van der Waals surface area contributed by atoms with Crippen molar-refractivity contribution in [3.63, 3.8) is 0 Å². The summed E-state index contributed by atoms with van der Waals surface area (Å²) in [5.41, 5.74) is 1.06. The molecule has 0 radical (unpaired) electrons. The molecule has 3 aliphatic rings. The Kier molecular flexibility index (Phi) is 8.00. The molecule has 0 bridgehead atoms. The molecule has 2 heterocycles. The number of hydrogen-bond donors (Lipinski definition) is 0. The SMILES string of the molecule is COC1=C/C(C)/C(Cc2ccc([N+](=O)[O-])cc2F)=C\C=N/C/C=C\1OCC1CC2CN(C)CC2C1. The first-order valence-corrected chi connectivity index (χ1v) is 12.2. The molecule has 3 atom stereocenters. The van der Waals surface area contributed by atoms with E-state index in [1.807, 2.05) is 25.2 Å². The number of hydrogen-bond acceptors (Lipinski definition) is 6. The number of rotatable bonds is 7. The normalized spacial score (nSPS) is 32.4. The molecule has 0 aromatic heterocycles. The lowest BCUT2D eigenvalue weighted by Crippen LogP contribution is -2.18. The fraction of sp³-hybridized carbons (Fsp3) is 0.519. The summed E-state index contributed by atoms with van der Waals surface area (Å²) in [6.07, 6.45) is 10.2. The topological polar surface area (TPSA) is 77.2 Å². The number of benzene rings is 1. The molecule has 0 amide bonds. The summed E-state index contributed by atoms with van der Waals surface area (Å²) in [6, 6.07) is 3.77. The van der Waals surface area contributed by atoms with Gasteiger partial charge in [-0.2, -0.15) is 0 Å². The van der Waals surface area contributed by atoms with Gasteiger partial charge >= 0.3 is 0 Å². The second kappa shape index (κ2) is 11.2. The Hall–Kier alpha value is -3.00. The van der Waals surface area contributed by atoms with Crippen molar-refractivity contribution in [3.05, 3.63) is 75.0 Å². The van der Waals surface area contributed by atoms with Gasteiger partial charge in [0.05, 0.1) is 31.3 Å². The number of nitrogens with zero attached hydrogens (tertiary/aromatic N) is 3. The fourth-order valence-electron chi connectivity index (χ4n) is 5.55. The highest BCUT2D eigenvalue weighted by atomic mass is 19.1. The van der Waals surface area contributed by atoms with Gasteiger partial charge < -0.3 is 14.4 Å². The zero-order valence-electron chi connectivity index (χ0n) is 20.7. The first-order valence-electron chi connectivity index (χ1n) is 12.2. The van der Waals surface area contributed by atoms with Gasteiger partial charge in [-0.3, -0.25) is 15.1 Å². The van der Waals surface area contributed by atoms with Gasteiger partial charge in [-0.1, -0.05) is 12.5 Å². The Labute approximate surface area is 206 Å². The van der Waals surface area contributed by atoms with Crippen LogP contribution in [0.5, 0.6) is 0 Å². The van der Waals surface area contributed by atoms with Crippen molar-refractivity contribution >= 4 is 11.9 Å². The standard InChI is InChI=1S/C27H34FN3O4/c1-18-10-27(34-3)26(35-17-19-11-22-15-30(2)16-23(22)12-19)7-9-29-8-6-20(18)13-21-4-5-24(31(32)33)14-25(21)28/h4-8,10,14,18-19,22-23H,9,11-13,15-17H2,1-3H3/b20-6-,26-7+,27-10+,29-8-. The van der Waals surface area contributed by atoms with E-state index < -0.39 is 10.7 Å². The molecular formula is C27H34FN3O4. The largest absolute Gasteiger partial charge is 0.493 e. The number of nitro groups is 1. The van der Waals surface area contributed by atoms with Crippen LogP contribution in [0.1, 0.15) is 25.3 Å². The van der Waals surface area contributed by atoms with Gasteiger partial charge in [0.2, 0.25) is 0 Å². The number of fused-ring (bicyclic) bond motifs is 1. The maximum absolute atomic E-state index is 14.5. The van der Waals surface area contributed by atoms with E-state index in [9.17, 15) is 14.5 Å². The van der Waals surface area contributed by atoms with Gasteiger partial charge in [0.15, 0.2) is 11.5 Å². The summed E-state index contributed by atoms with van der Waals surface area (Å²) in [5, 5.41) is 10.9. The lowest BCUT2D eigenvalue weighted by atomic mass is 9.92. The molecule has 35 heavy (non-hydrogen) atoms. The number of methoxy groups -OCH3 is 1. The Bertz CT molecular complexity index is 1050. The van der Waals surface area contributed by atoms with Gasteiger partial charge in [0.25, 0.3) is 5.69 Å². The second-order valence-electron chi connectivity index (χ2n) is 9.95. The van der Waals surface area contributed by atoms with Crippen molar-refractivity contribution in [2.45, 2.75) is 26.2 Å². The Morgan fingerprint density at radius 3 is 2.63 bits per heavy atom. The summed E-state index contributed by atoms with van der Waals surface area (Å²) in [4.78, 5) is 17.2. The van der Waals surface area contributed by atoms with Gasteiger partial charge in [0.1, 0.15) is 5.82 Å². The number of ether oxygens (including phenoxy) is 2. The Balaban J connectivity index is 1.45. The molecule has 1 saturated heterocycles. The van der Waals surface area contributed by atoms with E-state index in [4.69, 9.17) is 9.47 Å². The number of non-ortho nitro benzene ring substituents is 1. The predicted octanol–water partition coefficient (Wildman–Crippen LogP) is 4.94. The number of allylic oxidation sites excluding steroid dienone is 3. The van der Waals surface area contributed by atoms with E-state index >= 15 is 0 Å². The van der Waals surface area contributed by atoms with E-state index in [2.05, 4.69) is 16.9 Å². The number of halogens is 1. The Morgan fingerprint density at radius 1 is 1.23 bits per heavy atom. The average Bonchev–Trinajstić information content (AvgIpc) is 3.36. The van der Waals surface area contributed by atoms with E-state index in [-0.39, 0.29) is 11.6 Å². The van der Waals surface area contributed by atoms with Crippen LogP contribution < -0.4 is 0 Å². The molecule has 3 unspecified atom stereocenters. The van der Waals surface area contributed by atoms with Gasteiger partial charge in [0, 0.05) is 25.4 Å². The Morgan fingerprint density at radius 2 is 1.97 bits per heavy atom. The maximum atomic E-state index is 14.5. The molecule has 1 aliphatic carbocycles. The lowest BCUT2D eigenvalue weighted by Gasteiger charge is -2.20. The quantitative estimate of drug-likeness (QED) is 0.405. The molecule has 4 rings (SSSR count). The highest BCUT2D eigenvalue weighted by Crippen LogP contribution is 2.41. The molecule has 1 aromatic carbocycles. The van der Waals surface area contributed by atoms with Gasteiger partial charge in [-0.15, -0.1) is 0 Å². The third kappa shape index (κ3) is 6.17. The molecular weight excluding hydrogens is 449 g/mol.